The smallest absolute Gasteiger partial charge is 0.341 e. The van der Waals surface area contributed by atoms with Gasteiger partial charge in [-0.15, -0.1) is 11.3 Å². The number of hydrogen-bond donors (Lipinski definition) is 3. The van der Waals surface area contributed by atoms with Crippen LogP contribution in [-0.2, 0) is 16.1 Å². The first-order chi connectivity index (χ1) is 12.0. The molecule has 0 unspecified atom stereocenters. The van der Waals surface area contributed by atoms with Gasteiger partial charge in [0.15, 0.2) is 0 Å². The fraction of sp³-hybridized carbons (Fsp3) is 0.412. The van der Waals surface area contributed by atoms with Gasteiger partial charge in [-0.05, 0) is 24.9 Å². The molecule has 0 aliphatic rings. The molecule has 0 aliphatic carbocycles. The number of amides is 1. The minimum absolute atomic E-state index is 0.186. The van der Waals surface area contributed by atoms with E-state index in [0.29, 0.717) is 27.5 Å². The summed E-state index contributed by atoms with van der Waals surface area (Å²) in [6.45, 7) is 2.94. The quantitative estimate of drug-likeness (QED) is 0.480. The van der Waals surface area contributed by atoms with Crippen molar-refractivity contribution in [3.63, 3.8) is 0 Å². The molecule has 1 aromatic carbocycles. The van der Waals surface area contributed by atoms with Crippen molar-refractivity contribution in [1.29, 1.82) is 0 Å². The summed E-state index contributed by atoms with van der Waals surface area (Å²) >= 11 is 7.78. The number of halogens is 1. The van der Waals surface area contributed by atoms with Crippen molar-refractivity contribution >= 4 is 49.9 Å². The Morgan fingerprint density at radius 2 is 2.08 bits per heavy atom. The van der Waals surface area contributed by atoms with E-state index >= 15 is 0 Å². The molecule has 0 bridgehead atoms. The second-order valence-electron chi connectivity index (χ2n) is 5.50. The number of esters is 1. The predicted molar refractivity (Wildman–Crippen MR) is 101 cm³/mol. The molecule has 0 fully saturated rings. The number of aliphatic hydroxyl groups excluding tert-OH is 1. The van der Waals surface area contributed by atoms with Crippen molar-refractivity contribution in [2.45, 2.75) is 26.3 Å². The summed E-state index contributed by atoms with van der Waals surface area (Å²) in [6.07, 6.45) is 1.64. The van der Waals surface area contributed by atoms with Crippen molar-refractivity contribution in [1.82, 2.24) is 5.32 Å². The zero-order valence-electron chi connectivity index (χ0n) is 14.1. The molecular weight excluding hydrogens is 364 g/mol. The normalized spacial score (nSPS) is 10.9. The van der Waals surface area contributed by atoms with E-state index in [4.69, 9.17) is 21.4 Å². The van der Waals surface area contributed by atoms with Crippen molar-refractivity contribution < 1.29 is 19.4 Å². The third kappa shape index (κ3) is 4.70. The number of methoxy groups -OCH3 is 1. The van der Waals surface area contributed by atoms with Gasteiger partial charge in [0.1, 0.15) is 10.6 Å². The van der Waals surface area contributed by atoms with Crippen LogP contribution >= 0.6 is 22.9 Å². The van der Waals surface area contributed by atoms with E-state index in [1.807, 2.05) is 12.1 Å². The molecule has 1 amide bonds. The van der Waals surface area contributed by atoms with E-state index in [9.17, 15) is 9.59 Å². The molecule has 0 saturated heterocycles. The summed E-state index contributed by atoms with van der Waals surface area (Å²) in [5.41, 5.74) is 1.23. The van der Waals surface area contributed by atoms with Gasteiger partial charge in [0.25, 0.3) is 0 Å². The molecule has 0 saturated carbocycles. The summed E-state index contributed by atoms with van der Waals surface area (Å²) in [7, 11) is 1.30. The Morgan fingerprint density at radius 3 is 2.72 bits per heavy atom. The lowest BCUT2D eigenvalue weighted by atomic mass is 10.1. The third-order valence-corrected chi connectivity index (χ3v) is 5.32. The highest BCUT2D eigenvalue weighted by Crippen LogP contribution is 2.41. The van der Waals surface area contributed by atoms with Gasteiger partial charge in [0.05, 0.1) is 16.8 Å². The fourth-order valence-electron chi connectivity index (χ4n) is 2.44. The van der Waals surface area contributed by atoms with Crippen molar-refractivity contribution in [3.05, 3.63) is 28.3 Å². The number of unbranched alkanes of at least 4 members (excludes halogenated alkanes) is 1. The molecule has 0 aliphatic heterocycles. The SMILES string of the molecule is COC(=O)c1c(NC(C)=O)sc2c(Cl)c(CNCCCCO)ccc12. The van der Waals surface area contributed by atoms with Crippen molar-refractivity contribution in [3.8, 4) is 0 Å². The molecule has 2 rings (SSSR count). The first-order valence-electron chi connectivity index (χ1n) is 7.91. The average molecular weight is 385 g/mol. The Hall–Kier alpha value is -1.67. The van der Waals surface area contributed by atoms with Gasteiger partial charge in [-0.2, -0.15) is 0 Å². The number of carbonyl (C=O) groups excluding carboxylic acids is 2. The maximum atomic E-state index is 12.1. The van der Waals surface area contributed by atoms with Crippen LogP contribution in [0.5, 0.6) is 0 Å². The van der Waals surface area contributed by atoms with Crippen LogP contribution in [-0.4, -0.2) is 37.2 Å². The van der Waals surface area contributed by atoms with Crippen LogP contribution < -0.4 is 10.6 Å². The van der Waals surface area contributed by atoms with Gasteiger partial charge >= 0.3 is 5.97 Å². The molecule has 0 atom stereocenters. The second kappa shape index (κ2) is 9.15. The zero-order valence-corrected chi connectivity index (χ0v) is 15.7. The van der Waals surface area contributed by atoms with Crippen LogP contribution in [0, 0.1) is 0 Å². The number of hydrogen-bond acceptors (Lipinski definition) is 6. The van der Waals surface area contributed by atoms with Gasteiger partial charge in [-0.3, -0.25) is 4.79 Å². The van der Waals surface area contributed by atoms with E-state index in [0.717, 1.165) is 29.6 Å². The Kier molecular flexibility index (Phi) is 7.19. The predicted octanol–water partition coefficient (Wildman–Crippen LogP) is 3.16. The third-order valence-electron chi connectivity index (χ3n) is 3.63. The van der Waals surface area contributed by atoms with Gasteiger partial charge in [0.2, 0.25) is 5.91 Å². The molecule has 25 heavy (non-hydrogen) atoms. The molecule has 136 valence electrons. The summed E-state index contributed by atoms with van der Waals surface area (Å²) in [5.74, 6) is -0.778. The number of nitrogens with one attached hydrogen (secondary N) is 2. The lowest BCUT2D eigenvalue weighted by Gasteiger charge is -2.07. The molecule has 1 heterocycles. The number of ether oxygens (including phenoxy) is 1. The van der Waals surface area contributed by atoms with Gasteiger partial charge < -0.3 is 20.5 Å². The maximum absolute atomic E-state index is 12.1. The fourth-order valence-corrected chi connectivity index (χ4v) is 3.99. The summed E-state index contributed by atoms with van der Waals surface area (Å²) in [4.78, 5) is 23.5. The highest BCUT2D eigenvalue weighted by Gasteiger charge is 2.22. The Morgan fingerprint density at radius 1 is 1.32 bits per heavy atom. The van der Waals surface area contributed by atoms with Crippen LogP contribution in [0.1, 0.15) is 35.7 Å². The van der Waals surface area contributed by atoms with Crippen molar-refractivity contribution in [2.24, 2.45) is 0 Å². The second-order valence-corrected chi connectivity index (χ2v) is 6.90. The molecular formula is C17H21ClN2O4S. The maximum Gasteiger partial charge on any atom is 0.341 e. The van der Waals surface area contributed by atoms with Gasteiger partial charge in [0, 0.05) is 25.5 Å². The van der Waals surface area contributed by atoms with Gasteiger partial charge in [-0.25, -0.2) is 4.79 Å². The number of rotatable bonds is 8. The van der Waals surface area contributed by atoms with E-state index in [1.54, 1.807) is 0 Å². The Bertz CT molecular complexity index is 776. The number of carbonyl (C=O) groups is 2. The molecule has 8 heteroatoms. The van der Waals surface area contributed by atoms with E-state index in [2.05, 4.69) is 10.6 Å². The van der Waals surface area contributed by atoms with Gasteiger partial charge in [-0.1, -0.05) is 23.7 Å². The highest BCUT2D eigenvalue weighted by molar-refractivity contribution is 7.24. The largest absolute Gasteiger partial charge is 0.465 e. The minimum Gasteiger partial charge on any atom is -0.465 e. The summed E-state index contributed by atoms with van der Waals surface area (Å²) < 4.78 is 5.57. The van der Waals surface area contributed by atoms with Crippen LogP contribution in [0.2, 0.25) is 5.02 Å². The van der Waals surface area contributed by atoms with Crippen LogP contribution in [0.3, 0.4) is 0 Å². The first-order valence-corrected chi connectivity index (χ1v) is 9.10. The molecule has 0 spiro atoms. The number of benzene rings is 1. The summed E-state index contributed by atoms with van der Waals surface area (Å²) in [6, 6.07) is 3.68. The van der Waals surface area contributed by atoms with Crippen LogP contribution in [0.15, 0.2) is 12.1 Å². The lowest BCUT2D eigenvalue weighted by molar-refractivity contribution is -0.114. The lowest BCUT2D eigenvalue weighted by Crippen LogP contribution is -2.15. The number of thiophene rings is 1. The molecule has 3 N–H and O–H groups in total. The zero-order chi connectivity index (χ0) is 18.4. The Balaban J connectivity index is 2.33. The number of anilines is 1. The molecule has 0 radical (unpaired) electrons. The first kappa shape index (κ1) is 19.7. The van der Waals surface area contributed by atoms with E-state index in [1.165, 1.54) is 25.4 Å². The standard InChI is InChI=1S/C17H21ClN2O4S/c1-10(22)20-16-13(17(23)24-2)12-6-5-11(14(18)15(12)25-16)9-19-7-3-4-8-21/h5-6,19,21H,3-4,7-9H2,1-2H3,(H,20,22). The van der Waals surface area contributed by atoms with E-state index < -0.39 is 5.97 Å². The number of aliphatic hydroxyl groups is 1. The monoisotopic (exact) mass is 384 g/mol. The van der Waals surface area contributed by atoms with Crippen LogP contribution in [0.4, 0.5) is 5.00 Å². The summed E-state index contributed by atoms with van der Waals surface area (Å²) in [5, 5.41) is 16.4. The minimum atomic E-state index is -0.513. The molecule has 6 nitrogen and oxygen atoms in total. The highest BCUT2D eigenvalue weighted by atomic mass is 35.5. The van der Waals surface area contributed by atoms with E-state index in [-0.39, 0.29) is 12.5 Å². The average Bonchev–Trinajstić information content (AvgIpc) is 2.94. The molecule has 1 aromatic heterocycles. The Labute approximate surface area is 155 Å². The molecule has 2 aromatic rings. The van der Waals surface area contributed by atoms with Crippen molar-refractivity contribution in [2.75, 3.05) is 25.6 Å². The number of fused-ring (bicyclic) bond motifs is 1. The van der Waals surface area contributed by atoms with Crippen LogP contribution in [0.25, 0.3) is 10.1 Å². The topological polar surface area (TPSA) is 87.7 Å².